The lowest BCUT2D eigenvalue weighted by Crippen LogP contribution is -2.43. The second kappa shape index (κ2) is 7.65. The molecule has 1 fully saturated rings. The number of carbonyl (C=O) groups is 1. The third-order valence-electron chi connectivity index (χ3n) is 5.09. The number of sulfonamides is 1. The van der Waals surface area contributed by atoms with E-state index in [1.165, 1.54) is 27.0 Å². The Hall–Kier alpha value is -1.92. The lowest BCUT2D eigenvalue weighted by atomic mass is 9.99. The van der Waals surface area contributed by atoms with Crippen LogP contribution in [-0.4, -0.2) is 41.7 Å². The second-order valence-electron chi connectivity index (χ2n) is 7.14. The van der Waals surface area contributed by atoms with Gasteiger partial charge in [0.05, 0.1) is 31.4 Å². The van der Waals surface area contributed by atoms with Crippen LogP contribution in [-0.2, 0) is 14.8 Å². The molecule has 0 radical (unpaired) electrons. The van der Waals surface area contributed by atoms with Gasteiger partial charge >= 0.3 is 0 Å². The summed E-state index contributed by atoms with van der Waals surface area (Å²) in [5.74, 6) is -0.581. The average Bonchev–Trinajstić information content (AvgIpc) is 3.46. The fourth-order valence-electron chi connectivity index (χ4n) is 3.66. The Balaban J connectivity index is 1.35. The first-order valence-electron chi connectivity index (χ1n) is 9.43. The smallest absolute Gasteiger partial charge is 0.252 e. The molecular weight excluding hydrogens is 461 g/mol. The van der Waals surface area contributed by atoms with Gasteiger partial charge in [0.1, 0.15) is 4.21 Å². The summed E-state index contributed by atoms with van der Waals surface area (Å²) in [6.45, 7) is 2.60. The molecule has 1 unspecified atom stereocenters. The molecule has 1 saturated heterocycles. The molecule has 4 aromatic rings. The highest BCUT2D eigenvalue weighted by molar-refractivity contribution is 7.91. The highest BCUT2D eigenvalue weighted by Crippen LogP contribution is 2.36. The first-order valence-corrected chi connectivity index (χ1v) is 13.4. The molecule has 11 heteroatoms. The predicted octanol–water partition coefficient (Wildman–Crippen LogP) is 4.32. The van der Waals surface area contributed by atoms with Crippen molar-refractivity contribution < 1.29 is 13.2 Å². The SMILES string of the molecule is Cc1nc2ccc3nc(NC(=O)C4CCCN(S(=O)(=O)c5cccs5)C4)sc3c2s1. The molecule has 1 atom stereocenters. The number of hydrogen-bond donors (Lipinski definition) is 1. The van der Waals surface area contributed by atoms with Crippen LogP contribution in [0.25, 0.3) is 20.4 Å². The molecular formula is C19H18N4O3S4. The minimum Gasteiger partial charge on any atom is -0.302 e. The number of aryl methyl sites for hydroxylation is 1. The number of carbonyl (C=O) groups excluding carboxylic acids is 1. The number of nitrogens with zero attached hydrogens (tertiary/aromatic N) is 3. The largest absolute Gasteiger partial charge is 0.302 e. The number of anilines is 1. The summed E-state index contributed by atoms with van der Waals surface area (Å²) >= 11 is 4.25. The van der Waals surface area contributed by atoms with Gasteiger partial charge in [-0.15, -0.1) is 22.7 Å². The number of fused-ring (bicyclic) bond motifs is 3. The van der Waals surface area contributed by atoms with Gasteiger partial charge in [0, 0.05) is 13.1 Å². The lowest BCUT2D eigenvalue weighted by molar-refractivity contribution is -0.120. The Bertz CT molecular complexity index is 1340. The first kappa shape index (κ1) is 20.0. The van der Waals surface area contributed by atoms with Gasteiger partial charge in [-0.1, -0.05) is 17.4 Å². The summed E-state index contributed by atoms with van der Waals surface area (Å²) in [6.07, 6.45) is 1.31. The van der Waals surface area contributed by atoms with Gasteiger partial charge in [-0.2, -0.15) is 4.31 Å². The Morgan fingerprint density at radius 2 is 1.93 bits per heavy atom. The van der Waals surface area contributed by atoms with E-state index in [0.29, 0.717) is 28.7 Å². The molecule has 1 amide bonds. The van der Waals surface area contributed by atoms with Gasteiger partial charge in [0.2, 0.25) is 5.91 Å². The van der Waals surface area contributed by atoms with Crippen molar-refractivity contribution in [3.63, 3.8) is 0 Å². The van der Waals surface area contributed by atoms with Crippen LogP contribution in [0.2, 0.25) is 0 Å². The molecule has 0 spiro atoms. The van der Waals surface area contributed by atoms with Crippen molar-refractivity contribution in [3.8, 4) is 0 Å². The number of nitrogens with one attached hydrogen (secondary N) is 1. The van der Waals surface area contributed by atoms with Crippen LogP contribution in [0.4, 0.5) is 5.13 Å². The number of rotatable bonds is 4. The number of hydrogen-bond acceptors (Lipinski definition) is 8. The standard InChI is InChI=1S/C19H18N4O3S4/c1-11-20-13-6-7-14-17(16(13)28-11)29-19(21-14)22-18(24)12-4-2-8-23(10-12)30(25,26)15-5-3-9-27-15/h3,5-7,9,12H,2,4,8,10H2,1H3,(H,21,22,24). The van der Waals surface area contributed by atoms with E-state index in [9.17, 15) is 13.2 Å². The predicted molar refractivity (Wildman–Crippen MR) is 122 cm³/mol. The van der Waals surface area contributed by atoms with Crippen LogP contribution in [0, 0.1) is 12.8 Å². The van der Waals surface area contributed by atoms with Crippen LogP contribution < -0.4 is 5.32 Å². The minimum atomic E-state index is -3.55. The maximum Gasteiger partial charge on any atom is 0.252 e. The van der Waals surface area contributed by atoms with E-state index >= 15 is 0 Å². The van der Waals surface area contributed by atoms with Crippen LogP contribution in [0.15, 0.2) is 33.9 Å². The molecule has 5 rings (SSSR count). The molecule has 30 heavy (non-hydrogen) atoms. The Morgan fingerprint density at radius 3 is 2.70 bits per heavy atom. The van der Waals surface area contributed by atoms with E-state index in [4.69, 9.17) is 0 Å². The monoisotopic (exact) mass is 478 g/mol. The summed E-state index contributed by atoms with van der Waals surface area (Å²) < 4.78 is 29.5. The molecule has 156 valence electrons. The highest BCUT2D eigenvalue weighted by atomic mass is 32.2. The molecule has 4 heterocycles. The van der Waals surface area contributed by atoms with E-state index in [-0.39, 0.29) is 12.5 Å². The first-order chi connectivity index (χ1) is 14.4. The molecule has 0 aliphatic carbocycles. The summed E-state index contributed by atoms with van der Waals surface area (Å²) in [4.78, 5) is 22.0. The number of piperidine rings is 1. The highest BCUT2D eigenvalue weighted by Gasteiger charge is 2.34. The Morgan fingerprint density at radius 1 is 1.17 bits per heavy atom. The number of benzene rings is 1. The van der Waals surface area contributed by atoms with Crippen molar-refractivity contribution in [1.29, 1.82) is 0 Å². The minimum absolute atomic E-state index is 0.183. The van der Waals surface area contributed by atoms with Crippen molar-refractivity contribution in [2.45, 2.75) is 24.0 Å². The number of aromatic nitrogens is 2. The van der Waals surface area contributed by atoms with E-state index < -0.39 is 15.9 Å². The van der Waals surface area contributed by atoms with Crippen molar-refractivity contribution in [2.75, 3.05) is 18.4 Å². The van der Waals surface area contributed by atoms with Gasteiger partial charge in [0.25, 0.3) is 10.0 Å². The lowest BCUT2D eigenvalue weighted by Gasteiger charge is -2.30. The maximum absolute atomic E-state index is 12.9. The zero-order chi connectivity index (χ0) is 20.9. The van der Waals surface area contributed by atoms with Crippen molar-refractivity contribution >= 4 is 75.5 Å². The third-order valence-corrected chi connectivity index (χ3v) is 10.5. The number of thiazole rings is 2. The molecule has 0 bridgehead atoms. The summed E-state index contributed by atoms with van der Waals surface area (Å²) in [5, 5.41) is 6.18. The Kier molecular flexibility index (Phi) is 5.10. The number of amides is 1. The third kappa shape index (κ3) is 3.54. The fourth-order valence-corrected chi connectivity index (χ4v) is 8.34. The Labute approximate surface area is 185 Å². The summed E-state index contributed by atoms with van der Waals surface area (Å²) in [7, 11) is -3.55. The van der Waals surface area contributed by atoms with Crippen molar-refractivity contribution in [2.24, 2.45) is 5.92 Å². The van der Waals surface area contributed by atoms with Crippen molar-refractivity contribution in [1.82, 2.24) is 14.3 Å². The molecule has 7 nitrogen and oxygen atoms in total. The van der Waals surface area contributed by atoms with Crippen LogP contribution in [0.1, 0.15) is 17.8 Å². The fraction of sp³-hybridized carbons (Fsp3) is 0.316. The summed E-state index contributed by atoms with van der Waals surface area (Å²) in [5.41, 5.74) is 1.77. The van der Waals surface area contributed by atoms with E-state index in [1.807, 2.05) is 19.1 Å². The van der Waals surface area contributed by atoms with Gasteiger partial charge < -0.3 is 5.32 Å². The zero-order valence-electron chi connectivity index (χ0n) is 16.0. The van der Waals surface area contributed by atoms with Crippen LogP contribution in [0.5, 0.6) is 0 Å². The maximum atomic E-state index is 12.9. The molecule has 0 saturated carbocycles. The molecule has 1 N–H and O–H groups in total. The summed E-state index contributed by atoms with van der Waals surface area (Å²) in [6, 6.07) is 7.19. The van der Waals surface area contributed by atoms with Gasteiger partial charge in [-0.05, 0) is 43.3 Å². The normalized spacial score (nSPS) is 18.2. The van der Waals surface area contributed by atoms with E-state index in [1.54, 1.807) is 28.8 Å². The zero-order valence-corrected chi connectivity index (χ0v) is 19.3. The van der Waals surface area contributed by atoms with Gasteiger partial charge in [0.15, 0.2) is 5.13 Å². The second-order valence-corrected chi connectivity index (χ2v) is 12.5. The van der Waals surface area contributed by atoms with Crippen molar-refractivity contribution in [3.05, 3.63) is 34.7 Å². The molecule has 1 aromatic carbocycles. The van der Waals surface area contributed by atoms with Gasteiger partial charge in [-0.3, -0.25) is 4.79 Å². The molecule has 1 aliphatic heterocycles. The van der Waals surface area contributed by atoms with E-state index in [0.717, 1.165) is 25.4 Å². The molecule has 1 aliphatic rings. The topological polar surface area (TPSA) is 92.3 Å². The average molecular weight is 479 g/mol. The molecule has 3 aromatic heterocycles. The van der Waals surface area contributed by atoms with E-state index in [2.05, 4.69) is 15.3 Å². The van der Waals surface area contributed by atoms with Gasteiger partial charge in [-0.25, -0.2) is 18.4 Å². The van der Waals surface area contributed by atoms with Crippen LogP contribution in [0.3, 0.4) is 0 Å². The number of thiophene rings is 1. The quantitative estimate of drug-likeness (QED) is 0.472. The van der Waals surface area contributed by atoms with Crippen LogP contribution >= 0.6 is 34.0 Å².